The van der Waals surface area contributed by atoms with Crippen molar-refractivity contribution < 1.29 is 22.5 Å². The summed E-state index contributed by atoms with van der Waals surface area (Å²) in [5, 5.41) is 3.42. The van der Waals surface area contributed by atoms with Gasteiger partial charge in [0.05, 0.1) is 17.5 Å². The third kappa shape index (κ3) is 3.09. The van der Waals surface area contributed by atoms with Crippen molar-refractivity contribution in [2.45, 2.75) is 63.2 Å². The van der Waals surface area contributed by atoms with Crippen LogP contribution in [0, 0.1) is 23.2 Å². The topological polar surface area (TPSA) is 75.4 Å². The molecule has 34 heavy (non-hydrogen) atoms. The van der Waals surface area contributed by atoms with Crippen molar-refractivity contribution >= 4 is 11.7 Å². The number of carbonyl (C=O) groups is 1. The standard InChI is InChI=1S/C24H26F3N5O2/c25-24(26,27)21-29-20(30-34-21)16-1-2-19(28-10-16)31-11-17-6-18(12-31)32(17)22(33)23-7-13-3-14(8-23)5-15(4-13)9-23/h1-2,10,13-15,17-18H,3-9,11-12H2. The molecule has 0 spiro atoms. The predicted molar refractivity (Wildman–Crippen MR) is 114 cm³/mol. The fraction of sp³-hybridized carbons (Fsp3) is 0.667. The molecule has 1 amide bonds. The molecular weight excluding hydrogens is 447 g/mol. The number of nitrogens with zero attached hydrogens (tertiary/aromatic N) is 5. The minimum absolute atomic E-state index is 0.104. The van der Waals surface area contributed by atoms with E-state index in [2.05, 4.69) is 29.4 Å². The Morgan fingerprint density at radius 2 is 1.65 bits per heavy atom. The van der Waals surface area contributed by atoms with Crippen molar-refractivity contribution in [3.63, 3.8) is 0 Å². The molecule has 2 atom stereocenters. The lowest BCUT2D eigenvalue weighted by atomic mass is 9.49. The van der Waals surface area contributed by atoms with E-state index in [1.807, 2.05) is 0 Å². The molecule has 3 aliphatic heterocycles. The van der Waals surface area contributed by atoms with Crippen LogP contribution in [0.15, 0.2) is 22.9 Å². The molecule has 0 radical (unpaired) electrons. The number of piperidine rings is 1. The number of pyridine rings is 1. The molecule has 9 rings (SSSR count). The molecule has 0 aromatic carbocycles. The number of hydrogen-bond acceptors (Lipinski definition) is 6. The molecule has 6 bridgehead atoms. The molecular formula is C24H26F3N5O2. The third-order valence-electron chi connectivity index (χ3n) is 8.92. The van der Waals surface area contributed by atoms with Gasteiger partial charge < -0.3 is 14.3 Å². The van der Waals surface area contributed by atoms with Crippen LogP contribution in [0.1, 0.15) is 50.8 Å². The monoisotopic (exact) mass is 473 g/mol. The number of carbonyl (C=O) groups excluding carboxylic acids is 1. The number of fused-ring (bicyclic) bond motifs is 2. The molecule has 4 aliphatic carbocycles. The summed E-state index contributed by atoms with van der Waals surface area (Å²) in [5.41, 5.74) is 0.261. The largest absolute Gasteiger partial charge is 0.471 e. The van der Waals surface area contributed by atoms with Crippen molar-refractivity contribution in [1.82, 2.24) is 20.0 Å². The Kier molecular flexibility index (Phi) is 4.23. The normalized spacial score (nSPS) is 36.0. The van der Waals surface area contributed by atoms with E-state index in [-0.39, 0.29) is 23.3 Å². The van der Waals surface area contributed by atoms with Crippen LogP contribution in [0.3, 0.4) is 0 Å². The van der Waals surface area contributed by atoms with Gasteiger partial charge in [0.1, 0.15) is 5.82 Å². The van der Waals surface area contributed by atoms with Crippen molar-refractivity contribution in [3.8, 4) is 11.4 Å². The van der Waals surface area contributed by atoms with Gasteiger partial charge in [-0.3, -0.25) is 4.79 Å². The van der Waals surface area contributed by atoms with E-state index in [0.29, 0.717) is 11.5 Å². The predicted octanol–water partition coefficient (Wildman–Crippen LogP) is 4.16. The van der Waals surface area contributed by atoms with E-state index in [9.17, 15) is 18.0 Å². The van der Waals surface area contributed by atoms with E-state index < -0.39 is 12.1 Å². The summed E-state index contributed by atoms with van der Waals surface area (Å²) >= 11 is 0. The van der Waals surface area contributed by atoms with Gasteiger partial charge in [-0.15, -0.1) is 0 Å². The van der Waals surface area contributed by atoms with Crippen LogP contribution < -0.4 is 4.90 Å². The quantitative estimate of drug-likeness (QED) is 0.667. The lowest BCUT2D eigenvalue weighted by molar-refractivity contribution is -0.172. The average molecular weight is 473 g/mol. The van der Waals surface area contributed by atoms with E-state index in [0.717, 1.165) is 62.3 Å². The molecule has 10 heteroatoms. The van der Waals surface area contributed by atoms with Gasteiger partial charge in [0.15, 0.2) is 0 Å². The molecule has 7 nitrogen and oxygen atoms in total. The summed E-state index contributed by atoms with van der Waals surface area (Å²) in [6, 6.07) is 3.86. The molecule has 4 saturated carbocycles. The van der Waals surface area contributed by atoms with Gasteiger partial charge in [-0.25, -0.2) is 4.98 Å². The van der Waals surface area contributed by atoms with Gasteiger partial charge in [0.25, 0.3) is 0 Å². The average Bonchev–Trinajstić information content (AvgIpc) is 3.29. The zero-order valence-electron chi connectivity index (χ0n) is 18.7. The van der Waals surface area contributed by atoms with E-state index in [1.54, 1.807) is 12.1 Å². The Morgan fingerprint density at radius 3 is 2.18 bits per heavy atom. The second-order valence-electron chi connectivity index (χ2n) is 11.2. The molecule has 180 valence electrons. The molecule has 2 unspecified atom stereocenters. The van der Waals surface area contributed by atoms with Crippen molar-refractivity contribution in [2.24, 2.45) is 23.2 Å². The number of anilines is 1. The number of piperazine rings is 1. The first-order valence-corrected chi connectivity index (χ1v) is 12.2. The minimum atomic E-state index is -4.67. The highest BCUT2D eigenvalue weighted by molar-refractivity contribution is 5.85. The molecule has 7 fully saturated rings. The van der Waals surface area contributed by atoms with E-state index in [4.69, 9.17) is 0 Å². The smallest absolute Gasteiger partial charge is 0.352 e. The van der Waals surface area contributed by atoms with E-state index in [1.165, 1.54) is 25.5 Å². The van der Waals surface area contributed by atoms with Crippen molar-refractivity contribution in [2.75, 3.05) is 18.0 Å². The number of alkyl halides is 3. The Morgan fingerprint density at radius 1 is 1.00 bits per heavy atom. The second kappa shape index (κ2) is 6.95. The minimum Gasteiger partial charge on any atom is -0.352 e. The molecule has 2 aromatic rings. The molecule has 5 heterocycles. The van der Waals surface area contributed by atoms with Gasteiger partial charge >= 0.3 is 12.1 Å². The van der Waals surface area contributed by atoms with Crippen molar-refractivity contribution in [3.05, 3.63) is 24.2 Å². The highest BCUT2D eigenvalue weighted by Gasteiger charge is 2.59. The lowest BCUT2D eigenvalue weighted by Crippen LogP contribution is -2.73. The van der Waals surface area contributed by atoms with Gasteiger partial charge in [-0.1, -0.05) is 5.16 Å². The van der Waals surface area contributed by atoms with Crippen LogP contribution in [-0.4, -0.2) is 51.1 Å². The highest BCUT2D eigenvalue weighted by Crippen LogP contribution is 2.61. The zero-order valence-corrected chi connectivity index (χ0v) is 18.7. The highest BCUT2D eigenvalue weighted by atomic mass is 19.4. The first kappa shape index (κ1) is 20.7. The summed E-state index contributed by atoms with van der Waals surface area (Å²) in [4.78, 5) is 26.0. The van der Waals surface area contributed by atoms with Gasteiger partial charge in [-0.2, -0.15) is 18.2 Å². The number of halogens is 3. The van der Waals surface area contributed by atoms with Crippen molar-refractivity contribution in [1.29, 1.82) is 0 Å². The number of amides is 1. The Balaban J connectivity index is 1.04. The summed E-state index contributed by atoms with van der Waals surface area (Å²) in [5.74, 6) is 1.91. The Bertz CT molecular complexity index is 1080. The number of aromatic nitrogens is 3. The number of rotatable bonds is 3. The maximum Gasteiger partial charge on any atom is 0.471 e. The van der Waals surface area contributed by atoms with Crippen LogP contribution in [0.4, 0.5) is 19.0 Å². The zero-order chi connectivity index (χ0) is 23.2. The van der Waals surface area contributed by atoms with Gasteiger partial charge in [0, 0.05) is 24.8 Å². The third-order valence-corrected chi connectivity index (χ3v) is 8.92. The summed E-state index contributed by atoms with van der Waals surface area (Å²) < 4.78 is 42.5. The summed E-state index contributed by atoms with van der Waals surface area (Å²) in [6.07, 6.45) is 5.09. The van der Waals surface area contributed by atoms with Crippen LogP contribution in [0.2, 0.25) is 0 Å². The molecule has 7 aliphatic rings. The summed E-state index contributed by atoms with van der Waals surface area (Å²) in [6.45, 7) is 1.47. The van der Waals surface area contributed by atoms with Crippen LogP contribution >= 0.6 is 0 Å². The Hall–Kier alpha value is -2.65. The first-order valence-electron chi connectivity index (χ1n) is 12.2. The number of hydrogen-bond donors (Lipinski definition) is 0. The maximum atomic E-state index is 13.8. The maximum absolute atomic E-state index is 13.8. The fourth-order valence-corrected chi connectivity index (χ4v) is 7.94. The summed E-state index contributed by atoms with van der Waals surface area (Å²) in [7, 11) is 0. The van der Waals surface area contributed by atoms with Gasteiger partial charge in [-0.05, 0) is 74.8 Å². The molecule has 2 aromatic heterocycles. The fourth-order valence-electron chi connectivity index (χ4n) is 7.94. The van der Waals surface area contributed by atoms with Crippen LogP contribution in [0.25, 0.3) is 11.4 Å². The lowest BCUT2D eigenvalue weighted by Gasteiger charge is -2.62. The first-order chi connectivity index (χ1) is 16.3. The molecule has 3 saturated heterocycles. The second-order valence-corrected chi connectivity index (χ2v) is 11.2. The van der Waals surface area contributed by atoms with Crippen LogP contribution in [-0.2, 0) is 11.0 Å². The van der Waals surface area contributed by atoms with Crippen LogP contribution in [0.5, 0.6) is 0 Å². The van der Waals surface area contributed by atoms with E-state index >= 15 is 0 Å². The SMILES string of the molecule is O=C(N1C2CC1CN(c1ccc(-c3noc(C(F)(F)F)n3)cn1)C2)C12CC3CC(CC(C3)C1)C2. The molecule has 0 N–H and O–H groups in total. The van der Waals surface area contributed by atoms with Gasteiger partial charge in [0.2, 0.25) is 11.7 Å². The Labute approximate surface area is 194 Å².